The van der Waals surface area contributed by atoms with Crippen molar-refractivity contribution in [2.24, 2.45) is 0 Å². The molecule has 136 valence electrons. The van der Waals surface area contributed by atoms with Crippen LogP contribution < -0.4 is 16.4 Å². The number of aromatic nitrogens is 4. The van der Waals surface area contributed by atoms with E-state index in [1.807, 2.05) is 7.05 Å². The minimum absolute atomic E-state index is 0.0736. The highest BCUT2D eigenvalue weighted by molar-refractivity contribution is 5.80. The standard InChI is InChI=1S/C17H20N6O3/c1-22-9-7-18-10-13(22)15-19-14(26-21-15)6-8-23-17(25)12-5-3-2-4-11(12)16(24)20-23/h2-5,13,18H,6-10H2,1H3,(H,20,24). The van der Waals surface area contributed by atoms with Gasteiger partial charge in [0.15, 0.2) is 5.82 Å². The number of fused-ring (bicyclic) bond motifs is 1. The number of piperazine rings is 1. The van der Waals surface area contributed by atoms with E-state index in [0.717, 1.165) is 19.6 Å². The monoisotopic (exact) mass is 356 g/mol. The van der Waals surface area contributed by atoms with Gasteiger partial charge in [-0.3, -0.25) is 19.6 Å². The zero-order chi connectivity index (χ0) is 18.1. The summed E-state index contributed by atoms with van der Waals surface area (Å²) in [4.78, 5) is 31.3. The lowest BCUT2D eigenvalue weighted by atomic mass is 10.2. The maximum absolute atomic E-state index is 12.5. The molecule has 0 aliphatic carbocycles. The number of nitrogens with zero attached hydrogens (tertiary/aromatic N) is 4. The molecule has 1 aromatic carbocycles. The van der Waals surface area contributed by atoms with Gasteiger partial charge in [-0.1, -0.05) is 17.3 Å². The van der Waals surface area contributed by atoms with Crippen molar-refractivity contribution in [3.05, 3.63) is 56.7 Å². The van der Waals surface area contributed by atoms with E-state index in [1.165, 1.54) is 4.68 Å². The molecule has 4 rings (SSSR count). The van der Waals surface area contributed by atoms with Gasteiger partial charge < -0.3 is 9.84 Å². The van der Waals surface area contributed by atoms with E-state index in [4.69, 9.17) is 4.52 Å². The van der Waals surface area contributed by atoms with Gasteiger partial charge >= 0.3 is 0 Å². The summed E-state index contributed by atoms with van der Waals surface area (Å²) in [6.07, 6.45) is 0.366. The minimum Gasteiger partial charge on any atom is -0.339 e. The summed E-state index contributed by atoms with van der Waals surface area (Å²) in [5.41, 5.74) is -0.530. The number of rotatable bonds is 4. The summed E-state index contributed by atoms with van der Waals surface area (Å²) >= 11 is 0. The second-order valence-electron chi connectivity index (χ2n) is 6.44. The summed E-state index contributed by atoms with van der Waals surface area (Å²) in [5.74, 6) is 1.08. The second-order valence-corrected chi connectivity index (χ2v) is 6.44. The number of benzene rings is 1. The Kier molecular flexibility index (Phi) is 4.39. The van der Waals surface area contributed by atoms with Gasteiger partial charge in [0.1, 0.15) is 0 Å². The Bertz CT molecular complexity index is 1040. The van der Waals surface area contributed by atoms with Crippen molar-refractivity contribution in [2.75, 3.05) is 26.7 Å². The molecular formula is C17H20N6O3. The highest BCUT2D eigenvalue weighted by atomic mass is 16.5. The maximum atomic E-state index is 12.5. The number of aromatic amines is 1. The first-order valence-electron chi connectivity index (χ1n) is 8.59. The Balaban J connectivity index is 1.53. The van der Waals surface area contributed by atoms with Gasteiger partial charge in [0.2, 0.25) is 5.89 Å². The highest BCUT2D eigenvalue weighted by Crippen LogP contribution is 2.17. The smallest absolute Gasteiger partial charge is 0.273 e. The molecule has 0 radical (unpaired) electrons. The zero-order valence-corrected chi connectivity index (χ0v) is 14.4. The van der Waals surface area contributed by atoms with Crippen LogP contribution in [0.5, 0.6) is 0 Å². The van der Waals surface area contributed by atoms with Crippen LogP contribution >= 0.6 is 0 Å². The quantitative estimate of drug-likeness (QED) is 0.671. The third-order valence-corrected chi connectivity index (χ3v) is 4.73. The molecule has 0 bridgehead atoms. The van der Waals surface area contributed by atoms with Gasteiger partial charge in [-0.15, -0.1) is 0 Å². The molecule has 9 nitrogen and oxygen atoms in total. The Morgan fingerprint density at radius 1 is 1.27 bits per heavy atom. The molecule has 2 aromatic heterocycles. The van der Waals surface area contributed by atoms with Crippen molar-refractivity contribution in [1.29, 1.82) is 0 Å². The number of nitrogens with one attached hydrogen (secondary N) is 2. The Morgan fingerprint density at radius 2 is 2.08 bits per heavy atom. The van der Waals surface area contributed by atoms with Gasteiger partial charge in [-0.25, -0.2) is 4.68 Å². The average Bonchev–Trinajstić information content (AvgIpc) is 3.13. The third kappa shape index (κ3) is 3.06. The maximum Gasteiger partial charge on any atom is 0.273 e. The number of likely N-dealkylation sites (N-methyl/N-ethyl adjacent to an activating group) is 1. The van der Waals surface area contributed by atoms with Crippen LogP contribution in [0, 0.1) is 0 Å². The molecular weight excluding hydrogens is 336 g/mol. The molecule has 1 saturated heterocycles. The minimum atomic E-state index is -0.290. The number of hydrogen-bond donors (Lipinski definition) is 2. The number of aryl methyl sites for hydroxylation is 2. The molecule has 0 saturated carbocycles. The second kappa shape index (κ2) is 6.85. The number of hydrogen-bond acceptors (Lipinski definition) is 7. The first kappa shape index (κ1) is 16.7. The Morgan fingerprint density at radius 3 is 2.88 bits per heavy atom. The average molecular weight is 356 g/mol. The third-order valence-electron chi connectivity index (χ3n) is 4.73. The fraction of sp³-hybridized carbons (Fsp3) is 0.412. The zero-order valence-electron chi connectivity index (χ0n) is 14.4. The van der Waals surface area contributed by atoms with Crippen LogP contribution in [0.2, 0.25) is 0 Å². The van der Waals surface area contributed by atoms with Crippen LogP contribution in [-0.4, -0.2) is 51.5 Å². The van der Waals surface area contributed by atoms with Gasteiger partial charge in [-0.2, -0.15) is 4.98 Å². The topological polar surface area (TPSA) is 109 Å². The highest BCUT2D eigenvalue weighted by Gasteiger charge is 2.25. The van der Waals surface area contributed by atoms with E-state index < -0.39 is 0 Å². The van der Waals surface area contributed by atoms with E-state index in [2.05, 4.69) is 25.5 Å². The van der Waals surface area contributed by atoms with Gasteiger partial charge in [0.25, 0.3) is 11.1 Å². The predicted octanol–water partition coefficient (Wildman–Crippen LogP) is -0.108. The van der Waals surface area contributed by atoms with Crippen molar-refractivity contribution in [1.82, 2.24) is 30.1 Å². The molecule has 0 amide bonds. The van der Waals surface area contributed by atoms with Crippen molar-refractivity contribution < 1.29 is 4.52 Å². The van der Waals surface area contributed by atoms with Crippen LogP contribution in [0.3, 0.4) is 0 Å². The van der Waals surface area contributed by atoms with E-state index >= 15 is 0 Å². The molecule has 0 spiro atoms. The Hall–Kier alpha value is -2.78. The fourth-order valence-corrected chi connectivity index (χ4v) is 3.21. The molecule has 2 N–H and O–H groups in total. The van der Waals surface area contributed by atoms with Crippen LogP contribution in [-0.2, 0) is 13.0 Å². The van der Waals surface area contributed by atoms with Crippen LogP contribution in [0.4, 0.5) is 0 Å². The van der Waals surface area contributed by atoms with Gasteiger partial charge in [0, 0.05) is 26.1 Å². The summed E-state index contributed by atoms with van der Waals surface area (Å²) in [7, 11) is 2.03. The van der Waals surface area contributed by atoms with Crippen LogP contribution in [0.15, 0.2) is 38.4 Å². The van der Waals surface area contributed by atoms with E-state index in [0.29, 0.717) is 28.9 Å². The van der Waals surface area contributed by atoms with Crippen molar-refractivity contribution in [2.45, 2.75) is 19.0 Å². The van der Waals surface area contributed by atoms with Crippen LogP contribution in [0.25, 0.3) is 10.8 Å². The van der Waals surface area contributed by atoms with Gasteiger partial charge in [-0.05, 0) is 19.2 Å². The number of H-pyrrole nitrogens is 1. The first-order chi connectivity index (χ1) is 12.6. The van der Waals surface area contributed by atoms with Crippen LogP contribution in [0.1, 0.15) is 17.8 Å². The molecule has 3 aromatic rings. The summed E-state index contributed by atoms with van der Waals surface area (Å²) < 4.78 is 6.62. The molecule has 1 unspecified atom stereocenters. The largest absolute Gasteiger partial charge is 0.339 e. The van der Waals surface area contributed by atoms with Crippen molar-refractivity contribution in [3.8, 4) is 0 Å². The van der Waals surface area contributed by atoms with Crippen molar-refractivity contribution in [3.63, 3.8) is 0 Å². The van der Waals surface area contributed by atoms with E-state index in [1.54, 1.807) is 24.3 Å². The lowest BCUT2D eigenvalue weighted by molar-refractivity contribution is 0.190. The molecule has 1 fully saturated rings. The summed E-state index contributed by atoms with van der Waals surface area (Å²) in [6, 6.07) is 6.84. The molecule has 26 heavy (non-hydrogen) atoms. The lowest BCUT2D eigenvalue weighted by Crippen LogP contribution is -2.44. The lowest BCUT2D eigenvalue weighted by Gasteiger charge is -2.30. The fourth-order valence-electron chi connectivity index (χ4n) is 3.21. The Labute approximate surface area is 148 Å². The van der Waals surface area contributed by atoms with Gasteiger partial charge in [0.05, 0.1) is 23.4 Å². The molecule has 1 aliphatic heterocycles. The SMILES string of the molecule is CN1CCNCC1c1noc(CCn2[nH]c(=O)c3ccccc3c2=O)n1. The molecule has 1 aliphatic rings. The van der Waals surface area contributed by atoms with Crippen molar-refractivity contribution >= 4 is 10.8 Å². The molecule has 9 heteroatoms. The predicted molar refractivity (Wildman–Crippen MR) is 95.1 cm³/mol. The van der Waals surface area contributed by atoms with E-state index in [-0.39, 0.29) is 23.7 Å². The molecule has 3 heterocycles. The first-order valence-corrected chi connectivity index (χ1v) is 8.59. The molecule has 1 atom stereocenters. The van der Waals surface area contributed by atoms with E-state index in [9.17, 15) is 9.59 Å². The normalized spacial score (nSPS) is 18.4. The summed E-state index contributed by atoms with van der Waals surface area (Å²) in [5, 5.41) is 10.8. The summed E-state index contributed by atoms with van der Waals surface area (Å²) in [6.45, 7) is 2.89.